The van der Waals surface area contributed by atoms with Gasteiger partial charge in [-0.25, -0.2) is 4.98 Å². The highest BCUT2D eigenvalue weighted by molar-refractivity contribution is 5.76. The summed E-state index contributed by atoms with van der Waals surface area (Å²) in [5.41, 5.74) is 2.23. The maximum absolute atomic E-state index is 12.7. The van der Waals surface area contributed by atoms with Gasteiger partial charge in [0.15, 0.2) is 0 Å². The summed E-state index contributed by atoms with van der Waals surface area (Å²) in [5, 5.41) is 4.21. The Balaban J connectivity index is 1.77. The van der Waals surface area contributed by atoms with Gasteiger partial charge < -0.3 is 9.80 Å². The third-order valence-electron chi connectivity index (χ3n) is 4.25. The van der Waals surface area contributed by atoms with Gasteiger partial charge >= 0.3 is 0 Å². The van der Waals surface area contributed by atoms with Crippen LogP contribution in [0.15, 0.2) is 30.7 Å². The SMILES string of the molecule is Cc1cnn(CC(=O)N2CCC[C@H]2c2ccnc(N(C)C)c2)c1. The van der Waals surface area contributed by atoms with Crippen molar-refractivity contribution >= 4 is 11.7 Å². The van der Waals surface area contributed by atoms with Crippen LogP contribution in [0.2, 0.25) is 0 Å². The third kappa shape index (κ3) is 3.36. The number of aryl methyl sites for hydroxylation is 1. The van der Waals surface area contributed by atoms with E-state index in [4.69, 9.17) is 0 Å². The number of carbonyl (C=O) groups excluding carboxylic acids is 1. The molecule has 1 aliphatic rings. The number of aromatic nitrogens is 3. The van der Waals surface area contributed by atoms with Crippen molar-refractivity contribution in [3.63, 3.8) is 0 Å². The summed E-state index contributed by atoms with van der Waals surface area (Å²) < 4.78 is 1.71. The molecular weight excluding hydrogens is 290 g/mol. The fourth-order valence-electron chi connectivity index (χ4n) is 3.08. The molecule has 3 rings (SSSR count). The molecule has 1 saturated heterocycles. The van der Waals surface area contributed by atoms with E-state index in [2.05, 4.69) is 16.1 Å². The van der Waals surface area contributed by atoms with E-state index in [1.807, 2.05) is 49.3 Å². The highest BCUT2D eigenvalue weighted by Crippen LogP contribution is 2.33. The lowest BCUT2D eigenvalue weighted by atomic mass is 10.1. The van der Waals surface area contributed by atoms with Crippen molar-refractivity contribution in [3.8, 4) is 0 Å². The van der Waals surface area contributed by atoms with Crippen LogP contribution < -0.4 is 4.90 Å². The summed E-state index contributed by atoms with van der Waals surface area (Å²) in [4.78, 5) is 21.0. The Morgan fingerprint density at radius 2 is 2.26 bits per heavy atom. The molecule has 1 atom stereocenters. The minimum absolute atomic E-state index is 0.124. The second-order valence-electron chi connectivity index (χ2n) is 6.30. The molecule has 2 aromatic heterocycles. The van der Waals surface area contributed by atoms with Crippen molar-refractivity contribution in [2.75, 3.05) is 25.5 Å². The normalized spacial score (nSPS) is 17.5. The number of anilines is 1. The average Bonchev–Trinajstić information content (AvgIpc) is 3.16. The molecular formula is C17H23N5O. The number of carbonyl (C=O) groups is 1. The van der Waals surface area contributed by atoms with Crippen molar-refractivity contribution < 1.29 is 4.79 Å². The first kappa shape index (κ1) is 15.5. The Kier molecular flexibility index (Phi) is 4.32. The Labute approximate surface area is 136 Å². The minimum atomic E-state index is 0.124. The van der Waals surface area contributed by atoms with E-state index >= 15 is 0 Å². The van der Waals surface area contributed by atoms with Crippen LogP contribution in [0.1, 0.15) is 30.0 Å². The first-order chi connectivity index (χ1) is 11.0. The number of hydrogen-bond acceptors (Lipinski definition) is 4. The molecule has 0 N–H and O–H groups in total. The molecule has 23 heavy (non-hydrogen) atoms. The first-order valence-corrected chi connectivity index (χ1v) is 7.96. The maximum atomic E-state index is 12.7. The summed E-state index contributed by atoms with van der Waals surface area (Å²) in [6.07, 6.45) is 7.54. The van der Waals surface area contributed by atoms with Crippen LogP contribution in [0, 0.1) is 6.92 Å². The van der Waals surface area contributed by atoms with E-state index < -0.39 is 0 Å². The molecule has 1 fully saturated rings. The quantitative estimate of drug-likeness (QED) is 0.866. The first-order valence-electron chi connectivity index (χ1n) is 7.96. The molecule has 0 aromatic carbocycles. The van der Waals surface area contributed by atoms with Crippen LogP contribution in [-0.4, -0.2) is 46.2 Å². The molecule has 0 bridgehead atoms. The Morgan fingerprint density at radius 1 is 1.43 bits per heavy atom. The van der Waals surface area contributed by atoms with Crippen LogP contribution in [0.4, 0.5) is 5.82 Å². The molecule has 1 amide bonds. The number of rotatable bonds is 4. The molecule has 122 valence electrons. The number of likely N-dealkylation sites (tertiary alicyclic amines) is 1. The van der Waals surface area contributed by atoms with Gasteiger partial charge in [0, 0.05) is 33.0 Å². The Morgan fingerprint density at radius 3 is 2.96 bits per heavy atom. The molecule has 6 nitrogen and oxygen atoms in total. The predicted molar refractivity (Wildman–Crippen MR) is 89.2 cm³/mol. The molecule has 2 aromatic rings. The molecule has 0 radical (unpaired) electrons. The van der Waals surface area contributed by atoms with Gasteiger partial charge in [0.1, 0.15) is 12.4 Å². The van der Waals surface area contributed by atoms with E-state index in [-0.39, 0.29) is 11.9 Å². The summed E-state index contributed by atoms with van der Waals surface area (Å²) >= 11 is 0. The van der Waals surface area contributed by atoms with Crippen LogP contribution in [0.25, 0.3) is 0 Å². The topological polar surface area (TPSA) is 54.3 Å². The summed E-state index contributed by atoms with van der Waals surface area (Å²) in [7, 11) is 3.95. The van der Waals surface area contributed by atoms with Gasteiger partial charge in [-0.05, 0) is 43.0 Å². The Bertz CT molecular complexity index is 694. The molecule has 0 aliphatic carbocycles. The second kappa shape index (κ2) is 6.40. The Hall–Kier alpha value is -2.37. The molecule has 0 saturated carbocycles. The smallest absolute Gasteiger partial charge is 0.244 e. The highest BCUT2D eigenvalue weighted by Gasteiger charge is 2.30. The standard InChI is InChI=1S/C17H23N5O/c1-13-10-19-21(11-13)12-17(23)22-8-4-5-15(22)14-6-7-18-16(9-14)20(2)3/h6-7,9-11,15H,4-5,8,12H2,1-3H3/t15-/m0/s1. The van der Waals surface area contributed by atoms with Gasteiger partial charge in [0.05, 0.1) is 12.2 Å². The lowest BCUT2D eigenvalue weighted by Crippen LogP contribution is -2.33. The van der Waals surface area contributed by atoms with Crippen molar-refractivity contribution in [3.05, 3.63) is 41.9 Å². The highest BCUT2D eigenvalue weighted by atomic mass is 16.2. The van der Waals surface area contributed by atoms with E-state index in [1.165, 1.54) is 0 Å². The summed E-state index contributed by atoms with van der Waals surface area (Å²) in [6, 6.07) is 4.23. The van der Waals surface area contributed by atoms with Gasteiger partial charge in [0.2, 0.25) is 5.91 Å². The molecule has 0 spiro atoms. The van der Waals surface area contributed by atoms with Gasteiger partial charge in [-0.3, -0.25) is 9.48 Å². The third-order valence-corrected chi connectivity index (χ3v) is 4.25. The van der Waals surface area contributed by atoms with E-state index in [1.54, 1.807) is 10.9 Å². The van der Waals surface area contributed by atoms with E-state index in [0.29, 0.717) is 6.54 Å². The van der Waals surface area contributed by atoms with Crippen LogP contribution in [0.5, 0.6) is 0 Å². The van der Waals surface area contributed by atoms with E-state index in [9.17, 15) is 4.79 Å². The number of amides is 1. The van der Waals surface area contributed by atoms with Crippen molar-refractivity contribution in [1.29, 1.82) is 0 Å². The van der Waals surface area contributed by atoms with Crippen molar-refractivity contribution in [2.24, 2.45) is 0 Å². The van der Waals surface area contributed by atoms with Crippen LogP contribution in [0.3, 0.4) is 0 Å². The fraction of sp³-hybridized carbons (Fsp3) is 0.471. The lowest BCUT2D eigenvalue weighted by molar-refractivity contribution is -0.133. The van der Waals surface area contributed by atoms with Gasteiger partial charge in [-0.1, -0.05) is 0 Å². The van der Waals surface area contributed by atoms with Gasteiger partial charge in [0.25, 0.3) is 0 Å². The zero-order valence-electron chi connectivity index (χ0n) is 13.9. The average molecular weight is 313 g/mol. The van der Waals surface area contributed by atoms with Crippen LogP contribution >= 0.6 is 0 Å². The molecule has 6 heteroatoms. The fourth-order valence-corrected chi connectivity index (χ4v) is 3.08. The van der Waals surface area contributed by atoms with Gasteiger partial charge in [-0.15, -0.1) is 0 Å². The zero-order valence-corrected chi connectivity index (χ0v) is 13.9. The minimum Gasteiger partial charge on any atom is -0.363 e. The number of hydrogen-bond donors (Lipinski definition) is 0. The summed E-state index contributed by atoms with van der Waals surface area (Å²) in [5.74, 6) is 1.04. The largest absolute Gasteiger partial charge is 0.363 e. The molecule has 0 unspecified atom stereocenters. The second-order valence-corrected chi connectivity index (χ2v) is 6.30. The van der Waals surface area contributed by atoms with Gasteiger partial charge in [-0.2, -0.15) is 5.10 Å². The number of pyridine rings is 1. The summed E-state index contributed by atoms with van der Waals surface area (Å²) in [6.45, 7) is 3.09. The zero-order chi connectivity index (χ0) is 16.4. The molecule has 1 aliphatic heterocycles. The van der Waals surface area contributed by atoms with Crippen LogP contribution in [-0.2, 0) is 11.3 Å². The van der Waals surface area contributed by atoms with Crippen molar-refractivity contribution in [1.82, 2.24) is 19.7 Å². The van der Waals surface area contributed by atoms with Crippen molar-refractivity contribution in [2.45, 2.75) is 32.4 Å². The predicted octanol–water partition coefficient (Wildman–Crippen LogP) is 2.02. The maximum Gasteiger partial charge on any atom is 0.244 e. The molecule has 3 heterocycles. The lowest BCUT2D eigenvalue weighted by Gasteiger charge is -2.26. The van der Waals surface area contributed by atoms with E-state index in [0.717, 1.165) is 36.3 Å². The monoisotopic (exact) mass is 313 g/mol. The number of nitrogens with zero attached hydrogens (tertiary/aromatic N) is 5.